The number of pyridine rings is 1. The molecule has 1 N–H and O–H groups in total. The lowest BCUT2D eigenvalue weighted by atomic mass is 9.98. The van der Waals surface area contributed by atoms with E-state index in [1.807, 2.05) is 12.3 Å². The van der Waals surface area contributed by atoms with Gasteiger partial charge < -0.3 is 10.2 Å². The van der Waals surface area contributed by atoms with E-state index >= 15 is 0 Å². The van der Waals surface area contributed by atoms with Gasteiger partial charge in [-0.3, -0.25) is 4.98 Å². The number of nitrogens with zero attached hydrogens (tertiary/aromatic N) is 2. The maximum atomic E-state index is 4.28. The van der Waals surface area contributed by atoms with E-state index in [2.05, 4.69) is 35.2 Å². The Morgan fingerprint density at radius 1 is 1.56 bits per heavy atom. The number of likely N-dealkylation sites (tertiary alicyclic amines) is 1. The van der Waals surface area contributed by atoms with Crippen LogP contribution in [0.2, 0.25) is 0 Å². The average Bonchev–Trinajstić information content (AvgIpc) is 2.28. The summed E-state index contributed by atoms with van der Waals surface area (Å²) in [6.45, 7) is 5.58. The fourth-order valence-electron chi connectivity index (χ4n) is 2.37. The van der Waals surface area contributed by atoms with Gasteiger partial charge in [-0.2, -0.15) is 0 Å². The van der Waals surface area contributed by atoms with Gasteiger partial charge >= 0.3 is 0 Å². The smallest absolute Gasteiger partial charge is 0.0603 e. The minimum atomic E-state index is 0.776. The SMILES string of the molecule is Cc1ncccc1NCC1CCCN(C)C1. The molecule has 3 heteroatoms. The van der Waals surface area contributed by atoms with E-state index in [-0.39, 0.29) is 0 Å². The highest BCUT2D eigenvalue weighted by atomic mass is 15.1. The summed E-state index contributed by atoms with van der Waals surface area (Å²) < 4.78 is 0. The summed E-state index contributed by atoms with van der Waals surface area (Å²) in [5.41, 5.74) is 2.27. The van der Waals surface area contributed by atoms with Crippen LogP contribution in [0.25, 0.3) is 0 Å². The Morgan fingerprint density at radius 3 is 3.19 bits per heavy atom. The highest BCUT2D eigenvalue weighted by Crippen LogP contribution is 2.17. The molecule has 2 heterocycles. The molecule has 0 saturated carbocycles. The summed E-state index contributed by atoms with van der Waals surface area (Å²) in [7, 11) is 2.21. The van der Waals surface area contributed by atoms with Gasteiger partial charge in [-0.25, -0.2) is 0 Å². The molecule has 0 amide bonds. The van der Waals surface area contributed by atoms with E-state index < -0.39 is 0 Å². The van der Waals surface area contributed by atoms with Crippen molar-refractivity contribution in [2.45, 2.75) is 19.8 Å². The fraction of sp³-hybridized carbons (Fsp3) is 0.615. The lowest BCUT2D eigenvalue weighted by molar-refractivity contribution is 0.217. The zero-order chi connectivity index (χ0) is 11.4. The third kappa shape index (κ3) is 2.95. The zero-order valence-corrected chi connectivity index (χ0v) is 10.2. The van der Waals surface area contributed by atoms with Gasteiger partial charge in [0.05, 0.1) is 11.4 Å². The number of aromatic nitrogens is 1. The molecule has 1 aromatic heterocycles. The second-order valence-corrected chi connectivity index (χ2v) is 4.79. The molecular formula is C13H21N3. The van der Waals surface area contributed by atoms with Crippen LogP contribution in [0.1, 0.15) is 18.5 Å². The topological polar surface area (TPSA) is 28.2 Å². The minimum Gasteiger partial charge on any atom is -0.383 e. The summed E-state index contributed by atoms with van der Waals surface area (Å²) in [5, 5.41) is 3.51. The Labute approximate surface area is 97.9 Å². The van der Waals surface area contributed by atoms with Gasteiger partial charge in [0.1, 0.15) is 0 Å². The van der Waals surface area contributed by atoms with E-state index in [9.17, 15) is 0 Å². The number of hydrogen-bond donors (Lipinski definition) is 1. The van der Waals surface area contributed by atoms with Crippen molar-refractivity contribution in [3.8, 4) is 0 Å². The van der Waals surface area contributed by atoms with Crippen LogP contribution in [0.15, 0.2) is 18.3 Å². The second-order valence-electron chi connectivity index (χ2n) is 4.79. The van der Waals surface area contributed by atoms with Gasteiger partial charge in [0.25, 0.3) is 0 Å². The summed E-state index contributed by atoms with van der Waals surface area (Å²) >= 11 is 0. The predicted molar refractivity (Wildman–Crippen MR) is 67.7 cm³/mol. The molecule has 1 fully saturated rings. The molecule has 1 atom stereocenters. The maximum Gasteiger partial charge on any atom is 0.0603 e. The van der Waals surface area contributed by atoms with Crippen molar-refractivity contribution >= 4 is 5.69 Å². The van der Waals surface area contributed by atoms with Crippen molar-refractivity contribution in [2.75, 3.05) is 32.0 Å². The largest absolute Gasteiger partial charge is 0.383 e. The third-order valence-electron chi connectivity index (χ3n) is 3.31. The molecule has 16 heavy (non-hydrogen) atoms. The molecule has 1 unspecified atom stereocenters. The quantitative estimate of drug-likeness (QED) is 0.844. The number of rotatable bonds is 3. The van der Waals surface area contributed by atoms with Gasteiger partial charge in [0.2, 0.25) is 0 Å². The van der Waals surface area contributed by atoms with Gasteiger partial charge in [-0.1, -0.05) is 0 Å². The van der Waals surface area contributed by atoms with Crippen LogP contribution in [0.5, 0.6) is 0 Å². The van der Waals surface area contributed by atoms with Crippen LogP contribution >= 0.6 is 0 Å². The Hall–Kier alpha value is -1.09. The van der Waals surface area contributed by atoms with E-state index in [4.69, 9.17) is 0 Å². The Bertz CT molecular complexity index is 338. The van der Waals surface area contributed by atoms with Crippen molar-refractivity contribution in [2.24, 2.45) is 5.92 Å². The van der Waals surface area contributed by atoms with Gasteiger partial charge in [-0.15, -0.1) is 0 Å². The van der Waals surface area contributed by atoms with Crippen LogP contribution in [-0.4, -0.2) is 36.6 Å². The molecule has 1 aromatic rings. The van der Waals surface area contributed by atoms with E-state index in [1.165, 1.54) is 31.6 Å². The van der Waals surface area contributed by atoms with Crippen LogP contribution in [-0.2, 0) is 0 Å². The van der Waals surface area contributed by atoms with Gasteiger partial charge in [0, 0.05) is 19.3 Å². The predicted octanol–water partition coefficient (Wildman–Crippen LogP) is 2.14. The lowest BCUT2D eigenvalue weighted by Gasteiger charge is -2.30. The molecular weight excluding hydrogens is 198 g/mol. The van der Waals surface area contributed by atoms with E-state index in [0.29, 0.717) is 0 Å². The van der Waals surface area contributed by atoms with Gasteiger partial charge in [0.15, 0.2) is 0 Å². The second kappa shape index (κ2) is 5.30. The summed E-state index contributed by atoms with van der Waals surface area (Å²) in [6, 6.07) is 4.09. The number of aryl methyl sites for hydroxylation is 1. The first-order valence-electron chi connectivity index (χ1n) is 6.10. The van der Waals surface area contributed by atoms with Crippen LogP contribution in [0.3, 0.4) is 0 Å². The first-order valence-corrected chi connectivity index (χ1v) is 6.10. The minimum absolute atomic E-state index is 0.776. The molecule has 0 aromatic carbocycles. The fourth-order valence-corrected chi connectivity index (χ4v) is 2.37. The Kier molecular flexibility index (Phi) is 3.78. The highest BCUT2D eigenvalue weighted by Gasteiger charge is 2.16. The maximum absolute atomic E-state index is 4.28. The van der Waals surface area contributed by atoms with Crippen LogP contribution in [0, 0.1) is 12.8 Å². The molecule has 2 rings (SSSR count). The highest BCUT2D eigenvalue weighted by molar-refractivity contribution is 5.46. The van der Waals surface area contributed by atoms with Crippen molar-refractivity contribution in [1.82, 2.24) is 9.88 Å². The molecule has 0 spiro atoms. The molecule has 1 saturated heterocycles. The standard InChI is InChI=1S/C13H21N3/c1-11-13(6-3-7-14-11)15-9-12-5-4-8-16(2)10-12/h3,6-7,12,15H,4-5,8-10H2,1-2H3. The number of anilines is 1. The van der Waals surface area contributed by atoms with Crippen molar-refractivity contribution in [3.63, 3.8) is 0 Å². The molecule has 1 aliphatic heterocycles. The number of nitrogens with one attached hydrogen (secondary N) is 1. The summed E-state index contributed by atoms with van der Waals surface area (Å²) in [4.78, 5) is 6.71. The lowest BCUT2D eigenvalue weighted by Crippen LogP contribution is -2.35. The van der Waals surface area contributed by atoms with Crippen LogP contribution < -0.4 is 5.32 Å². The monoisotopic (exact) mass is 219 g/mol. The Balaban J connectivity index is 1.85. The third-order valence-corrected chi connectivity index (χ3v) is 3.31. The van der Waals surface area contributed by atoms with Crippen LogP contribution in [0.4, 0.5) is 5.69 Å². The number of hydrogen-bond acceptors (Lipinski definition) is 3. The van der Waals surface area contributed by atoms with Crippen molar-refractivity contribution < 1.29 is 0 Å². The van der Waals surface area contributed by atoms with E-state index in [0.717, 1.165) is 18.2 Å². The molecule has 0 aliphatic carbocycles. The average molecular weight is 219 g/mol. The summed E-state index contributed by atoms with van der Waals surface area (Å²) in [5.74, 6) is 0.776. The molecule has 88 valence electrons. The Morgan fingerprint density at radius 2 is 2.44 bits per heavy atom. The number of piperidine rings is 1. The van der Waals surface area contributed by atoms with E-state index in [1.54, 1.807) is 0 Å². The molecule has 3 nitrogen and oxygen atoms in total. The zero-order valence-electron chi connectivity index (χ0n) is 10.2. The van der Waals surface area contributed by atoms with Gasteiger partial charge in [-0.05, 0) is 51.4 Å². The van der Waals surface area contributed by atoms with Crippen molar-refractivity contribution in [1.29, 1.82) is 0 Å². The normalized spacial score (nSPS) is 22.0. The molecule has 1 aliphatic rings. The molecule has 0 radical (unpaired) electrons. The first kappa shape index (κ1) is 11.4. The molecule has 0 bridgehead atoms. The first-order chi connectivity index (χ1) is 7.75. The summed E-state index contributed by atoms with van der Waals surface area (Å²) in [6.07, 6.45) is 4.51. The van der Waals surface area contributed by atoms with Crippen molar-refractivity contribution in [3.05, 3.63) is 24.0 Å².